The van der Waals surface area contributed by atoms with Crippen LogP contribution in [-0.4, -0.2) is 30.5 Å². The summed E-state index contributed by atoms with van der Waals surface area (Å²) >= 11 is 0. The van der Waals surface area contributed by atoms with Gasteiger partial charge in [0.05, 0.1) is 5.60 Å². The van der Waals surface area contributed by atoms with Gasteiger partial charge in [0.25, 0.3) is 12.3 Å². The molecule has 4 aliphatic carbocycles. The molecule has 1 aromatic rings. The van der Waals surface area contributed by atoms with E-state index >= 15 is 0 Å². The van der Waals surface area contributed by atoms with Gasteiger partial charge in [-0.05, 0) is 55.9 Å². The van der Waals surface area contributed by atoms with Crippen LogP contribution >= 0.6 is 0 Å². The number of aliphatic hydroxyl groups is 1. The minimum absolute atomic E-state index is 0.00767. The van der Waals surface area contributed by atoms with Crippen LogP contribution in [0.1, 0.15) is 54.5 Å². The molecule has 4 saturated carbocycles. The summed E-state index contributed by atoms with van der Waals surface area (Å²) in [4.78, 5) is 12.6. The third-order valence-corrected chi connectivity index (χ3v) is 6.09. The van der Waals surface area contributed by atoms with Crippen molar-refractivity contribution in [2.75, 3.05) is 0 Å². The van der Waals surface area contributed by atoms with Crippen LogP contribution < -0.4 is 10.8 Å². The predicted molar refractivity (Wildman–Crippen MR) is 86.5 cm³/mol. The number of carbonyl (C=O) groups is 1. The van der Waals surface area contributed by atoms with Gasteiger partial charge in [-0.15, -0.1) is 0 Å². The van der Waals surface area contributed by atoms with Gasteiger partial charge in [-0.3, -0.25) is 4.79 Å². The first-order valence-electron chi connectivity index (χ1n) is 8.55. The van der Waals surface area contributed by atoms with Crippen molar-refractivity contribution in [1.82, 2.24) is 5.32 Å². The van der Waals surface area contributed by atoms with Crippen molar-refractivity contribution in [2.24, 2.45) is 17.8 Å². The molecule has 4 bridgehead atoms. The Bertz CT molecular complexity index is 665. The molecule has 2 atom stereocenters. The zero-order valence-corrected chi connectivity index (χ0v) is 13.3. The standard InChI is InChI=1S/C18H20BF2NO2/c19-12-1-2-13(14(5-12)16(20)21)17(23)22-15-10-3-9-4-11(15)8-18(24,6-9)7-10/h1-2,5,9-11,15-16,24H,3-4,6-8H2,(H,22,23). The van der Waals surface area contributed by atoms with Crippen molar-refractivity contribution < 1.29 is 18.7 Å². The fourth-order valence-electron chi connectivity index (χ4n) is 5.41. The Balaban J connectivity index is 1.55. The zero-order valence-electron chi connectivity index (χ0n) is 13.3. The molecule has 24 heavy (non-hydrogen) atoms. The molecule has 5 rings (SSSR count). The molecule has 126 valence electrons. The smallest absolute Gasteiger partial charge is 0.264 e. The molecule has 0 heterocycles. The van der Waals surface area contributed by atoms with Gasteiger partial charge in [-0.25, -0.2) is 8.78 Å². The molecule has 0 aromatic heterocycles. The van der Waals surface area contributed by atoms with E-state index in [4.69, 9.17) is 7.85 Å². The monoisotopic (exact) mass is 331 g/mol. The van der Waals surface area contributed by atoms with E-state index in [1.807, 2.05) is 0 Å². The van der Waals surface area contributed by atoms with Gasteiger partial charge in [0, 0.05) is 17.2 Å². The van der Waals surface area contributed by atoms with Gasteiger partial charge in [0.15, 0.2) is 0 Å². The number of hydrogen-bond donors (Lipinski definition) is 2. The Hall–Kier alpha value is -1.43. The van der Waals surface area contributed by atoms with E-state index in [0.717, 1.165) is 19.3 Å². The molecular formula is C18H20BF2NO2. The first kappa shape index (κ1) is 16.1. The number of alkyl halides is 2. The summed E-state index contributed by atoms with van der Waals surface area (Å²) in [5.74, 6) is 0.562. The number of benzene rings is 1. The van der Waals surface area contributed by atoms with Crippen LogP contribution in [0.2, 0.25) is 0 Å². The van der Waals surface area contributed by atoms with Crippen LogP contribution in [0.15, 0.2) is 18.2 Å². The maximum absolute atomic E-state index is 13.2. The Labute approximate surface area is 141 Å². The van der Waals surface area contributed by atoms with Crippen molar-refractivity contribution in [3.63, 3.8) is 0 Å². The Morgan fingerprint density at radius 1 is 1.25 bits per heavy atom. The molecule has 2 N–H and O–H groups in total. The molecule has 1 amide bonds. The lowest BCUT2D eigenvalue weighted by molar-refractivity contribution is -0.136. The van der Waals surface area contributed by atoms with E-state index in [1.54, 1.807) is 0 Å². The van der Waals surface area contributed by atoms with Crippen LogP contribution in [0.3, 0.4) is 0 Å². The number of amides is 1. The van der Waals surface area contributed by atoms with Crippen molar-refractivity contribution >= 4 is 19.2 Å². The maximum atomic E-state index is 13.2. The van der Waals surface area contributed by atoms with E-state index in [0.29, 0.717) is 18.8 Å². The number of carbonyl (C=O) groups excluding carboxylic acids is 1. The lowest BCUT2D eigenvalue weighted by Crippen LogP contribution is -2.61. The van der Waals surface area contributed by atoms with Gasteiger partial charge in [-0.2, -0.15) is 0 Å². The van der Waals surface area contributed by atoms with Crippen molar-refractivity contribution in [3.05, 3.63) is 29.3 Å². The normalized spacial score (nSPS) is 37.0. The second-order valence-corrected chi connectivity index (χ2v) is 7.84. The lowest BCUT2D eigenvalue weighted by atomic mass is 9.52. The first-order chi connectivity index (χ1) is 11.3. The fourth-order valence-corrected chi connectivity index (χ4v) is 5.41. The Morgan fingerprint density at radius 3 is 2.50 bits per heavy atom. The zero-order chi connectivity index (χ0) is 17.1. The Kier molecular flexibility index (Phi) is 3.71. The molecule has 0 aliphatic heterocycles. The largest absolute Gasteiger partial charge is 0.390 e. The maximum Gasteiger partial charge on any atom is 0.264 e. The molecule has 0 saturated heterocycles. The van der Waals surface area contributed by atoms with Crippen LogP contribution in [0.5, 0.6) is 0 Å². The van der Waals surface area contributed by atoms with Gasteiger partial charge in [0.1, 0.15) is 7.85 Å². The highest BCUT2D eigenvalue weighted by Crippen LogP contribution is 2.55. The third-order valence-electron chi connectivity index (χ3n) is 6.09. The van der Waals surface area contributed by atoms with Gasteiger partial charge in [0.2, 0.25) is 0 Å². The van der Waals surface area contributed by atoms with Gasteiger partial charge >= 0.3 is 0 Å². The molecule has 2 unspecified atom stereocenters. The molecule has 4 fully saturated rings. The van der Waals surface area contributed by atoms with E-state index in [2.05, 4.69) is 5.32 Å². The summed E-state index contributed by atoms with van der Waals surface area (Å²) in [6.45, 7) is 0. The summed E-state index contributed by atoms with van der Waals surface area (Å²) in [5, 5.41) is 13.6. The van der Waals surface area contributed by atoms with Gasteiger partial charge < -0.3 is 10.4 Å². The number of hydrogen-bond acceptors (Lipinski definition) is 2. The summed E-state index contributed by atoms with van der Waals surface area (Å²) in [5.41, 5.74) is -0.687. The van der Waals surface area contributed by atoms with E-state index in [9.17, 15) is 18.7 Å². The highest BCUT2D eigenvalue weighted by Gasteiger charge is 2.55. The van der Waals surface area contributed by atoms with Crippen LogP contribution in [0.25, 0.3) is 0 Å². The third kappa shape index (κ3) is 2.65. The van der Waals surface area contributed by atoms with E-state index in [-0.39, 0.29) is 34.5 Å². The van der Waals surface area contributed by atoms with Crippen LogP contribution in [0.4, 0.5) is 8.78 Å². The highest BCUT2D eigenvalue weighted by atomic mass is 19.3. The fraction of sp³-hybridized carbons (Fsp3) is 0.611. The minimum Gasteiger partial charge on any atom is -0.390 e. The van der Waals surface area contributed by atoms with Crippen molar-refractivity contribution in [3.8, 4) is 0 Å². The Morgan fingerprint density at radius 2 is 1.92 bits per heavy atom. The quantitative estimate of drug-likeness (QED) is 0.834. The lowest BCUT2D eigenvalue weighted by Gasteiger charge is -2.58. The number of nitrogens with one attached hydrogen (secondary N) is 1. The van der Waals surface area contributed by atoms with Crippen molar-refractivity contribution in [1.29, 1.82) is 0 Å². The second-order valence-electron chi connectivity index (χ2n) is 7.84. The van der Waals surface area contributed by atoms with Crippen LogP contribution in [-0.2, 0) is 0 Å². The van der Waals surface area contributed by atoms with E-state index < -0.39 is 17.9 Å². The molecule has 1 aromatic carbocycles. The summed E-state index contributed by atoms with van der Waals surface area (Å²) < 4.78 is 26.4. The molecule has 4 aliphatic rings. The number of rotatable bonds is 3. The highest BCUT2D eigenvalue weighted by molar-refractivity contribution is 6.32. The van der Waals surface area contributed by atoms with E-state index in [1.165, 1.54) is 18.2 Å². The topological polar surface area (TPSA) is 49.3 Å². The average molecular weight is 331 g/mol. The molecule has 0 spiro atoms. The first-order valence-corrected chi connectivity index (χ1v) is 8.55. The predicted octanol–water partition coefficient (Wildman–Crippen LogP) is 2.09. The molecule has 2 radical (unpaired) electrons. The molecule has 3 nitrogen and oxygen atoms in total. The molecular weight excluding hydrogens is 311 g/mol. The SMILES string of the molecule is [B]c1ccc(C(=O)NC2C3CC4CC2CC(O)(C4)C3)c(C(F)F)c1. The van der Waals surface area contributed by atoms with Crippen LogP contribution in [0, 0.1) is 17.8 Å². The second kappa shape index (κ2) is 5.55. The summed E-state index contributed by atoms with van der Waals surface area (Å²) in [7, 11) is 5.57. The molecule has 6 heteroatoms. The van der Waals surface area contributed by atoms with Gasteiger partial charge in [-0.1, -0.05) is 17.6 Å². The summed E-state index contributed by atoms with van der Waals surface area (Å²) in [6.07, 6.45) is 1.55. The minimum atomic E-state index is -2.74. The van der Waals surface area contributed by atoms with Crippen molar-refractivity contribution in [2.45, 2.75) is 50.2 Å². The average Bonchev–Trinajstić information content (AvgIpc) is 2.48. The summed E-state index contributed by atoms with van der Waals surface area (Å²) in [6, 6.07) is 3.98. The number of halogens is 2.